The van der Waals surface area contributed by atoms with Crippen LogP contribution in [0.1, 0.15) is 28.9 Å². The highest BCUT2D eigenvalue weighted by molar-refractivity contribution is 6.30. The zero-order chi connectivity index (χ0) is 14.1. The summed E-state index contributed by atoms with van der Waals surface area (Å²) in [6, 6.07) is 8.65. The lowest BCUT2D eigenvalue weighted by Crippen LogP contribution is -2.25. The van der Waals surface area contributed by atoms with Crippen LogP contribution >= 0.6 is 11.6 Å². The van der Waals surface area contributed by atoms with Gasteiger partial charge in [-0.1, -0.05) is 35.9 Å². The van der Waals surface area contributed by atoms with E-state index in [-0.39, 0.29) is 0 Å². The van der Waals surface area contributed by atoms with Gasteiger partial charge in [-0.2, -0.15) is 0 Å². The van der Waals surface area contributed by atoms with Crippen LogP contribution in [0.15, 0.2) is 24.3 Å². The summed E-state index contributed by atoms with van der Waals surface area (Å²) >= 11 is 6.20. The highest BCUT2D eigenvalue weighted by Gasteiger charge is 2.18. The number of halogens is 1. The first-order chi connectivity index (χ1) is 9.65. The molecular weight excluding hydrogens is 270 g/mol. The first-order valence-corrected chi connectivity index (χ1v) is 7.35. The van der Waals surface area contributed by atoms with Crippen LogP contribution in [0, 0.1) is 13.8 Å². The van der Waals surface area contributed by atoms with Gasteiger partial charge in [0, 0.05) is 18.7 Å². The lowest BCUT2D eigenvalue weighted by molar-refractivity contribution is 0.746. The number of anilines is 1. The van der Waals surface area contributed by atoms with E-state index >= 15 is 0 Å². The Morgan fingerprint density at radius 2 is 1.85 bits per heavy atom. The van der Waals surface area contributed by atoms with Crippen LogP contribution in [0.25, 0.3) is 0 Å². The Bertz CT molecular complexity index is 640. The van der Waals surface area contributed by atoms with Gasteiger partial charge >= 0.3 is 0 Å². The number of rotatable bonds is 1. The van der Waals surface area contributed by atoms with Crippen LogP contribution in [0.4, 0.5) is 5.82 Å². The van der Waals surface area contributed by atoms with Crippen molar-refractivity contribution in [2.45, 2.75) is 33.2 Å². The summed E-state index contributed by atoms with van der Waals surface area (Å²) in [4.78, 5) is 11.1. The molecule has 0 atom stereocenters. The summed E-state index contributed by atoms with van der Waals surface area (Å²) in [5.41, 5.74) is 3.80. The summed E-state index contributed by atoms with van der Waals surface area (Å²) < 4.78 is 0. The van der Waals surface area contributed by atoms with Crippen molar-refractivity contribution in [3.63, 3.8) is 0 Å². The first-order valence-electron chi connectivity index (χ1n) is 6.97. The van der Waals surface area contributed by atoms with Gasteiger partial charge in [0.25, 0.3) is 0 Å². The molecule has 0 N–H and O–H groups in total. The van der Waals surface area contributed by atoms with Crippen LogP contribution < -0.4 is 4.90 Å². The fraction of sp³-hybridized carbons (Fsp3) is 0.375. The van der Waals surface area contributed by atoms with Crippen LogP contribution in [-0.4, -0.2) is 16.5 Å². The number of nitrogens with zero attached hydrogens (tertiary/aromatic N) is 3. The standard InChI is InChI=1S/C16H18ClN3/c1-11-15(17)18-12(2)19-16(11)20-9-5-8-13-6-3-4-7-14(13)10-20/h3-4,6-7H,5,8-10H2,1-2H3. The molecule has 0 radical (unpaired) electrons. The van der Waals surface area contributed by atoms with Crippen LogP contribution in [0.2, 0.25) is 5.15 Å². The average molecular weight is 288 g/mol. The molecule has 3 nitrogen and oxygen atoms in total. The molecule has 0 aliphatic carbocycles. The van der Waals surface area contributed by atoms with Gasteiger partial charge in [-0.05, 0) is 37.8 Å². The van der Waals surface area contributed by atoms with Crippen LogP contribution in [0.3, 0.4) is 0 Å². The van der Waals surface area contributed by atoms with E-state index in [0.29, 0.717) is 5.15 Å². The van der Waals surface area contributed by atoms with Gasteiger partial charge in [-0.25, -0.2) is 9.97 Å². The smallest absolute Gasteiger partial charge is 0.137 e. The average Bonchev–Trinajstić information content (AvgIpc) is 2.64. The maximum atomic E-state index is 6.20. The lowest BCUT2D eigenvalue weighted by atomic mass is 10.0. The monoisotopic (exact) mass is 287 g/mol. The predicted octanol–water partition coefficient (Wildman–Crippen LogP) is 3.70. The van der Waals surface area contributed by atoms with E-state index in [4.69, 9.17) is 11.6 Å². The van der Waals surface area contributed by atoms with E-state index < -0.39 is 0 Å². The minimum atomic E-state index is 0.560. The quantitative estimate of drug-likeness (QED) is 0.749. The summed E-state index contributed by atoms with van der Waals surface area (Å²) in [5.74, 6) is 1.70. The molecule has 0 spiro atoms. The molecule has 4 heteroatoms. The van der Waals surface area contributed by atoms with Gasteiger partial charge in [0.15, 0.2) is 0 Å². The van der Waals surface area contributed by atoms with E-state index in [0.717, 1.165) is 43.1 Å². The van der Waals surface area contributed by atoms with E-state index in [1.807, 2.05) is 13.8 Å². The number of hydrogen-bond acceptors (Lipinski definition) is 3. The van der Waals surface area contributed by atoms with Crippen molar-refractivity contribution >= 4 is 17.4 Å². The molecule has 0 amide bonds. The van der Waals surface area contributed by atoms with Gasteiger partial charge in [0.1, 0.15) is 16.8 Å². The minimum absolute atomic E-state index is 0.560. The van der Waals surface area contributed by atoms with Gasteiger partial charge < -0.3 is 4.90 Å². The van der Waals surface area contributed by atoms with Crippen molar-refractivity contribution < 1.29 is 0 Å². The Labute approximate surface area is 124 Å². The number of aryl methyl sites for hydroxylation is 2. The summed E-state index contributed by atoms with van der Waals surface area (Å²) in [6.07, 6.45) is 2.26. The molecular formula is C16H18ClN3. The lowest BCUT2D eigenvalue weighted by Gasteiger charge is -2.24. The first kappa shape index (κ1) is 13.4. The Hall–Kier alpha value is -1.61. The van der Waals surface area contributed by atoms with E-state index in [1.54, 1.807) is 0 Å². The van der Waals surface area contributed by atoms with E-state index in [9.17, 15) is 0 Å². The molecule has 1 aliphatic heterocycles. The topological polar surface area (TPSA) is 29.0 Å². The van der Waals surface area contributed by atoms with Crippen LogP contribution in [0.5, 0.6) is 0 Å². The summed E-state index contributed by atoms with van der Waals surface area (Å²) in [6.45, 7) is 5.78. The van der Waals surface area contributed by atoms with Crippen molar-refractivity contribution in [2.24, 2.45) is 0 Å². The number of aromatic nitrogens is 2. The van der Waals surface area contributed by atoms with Crippen molar-refractivity contribution in [3.8, 4) is 0 Å². The third kappa shape index (κ3) is 2.50. The Morgan fingerprint density at radius 3 is 2.65 bits per heavy atom. The second-order valence-corrected chi connectivity index (χ2v) is 5.66. The van der Waals surface area contributed by atoms with E-state index in [2.05, 4.69) is 39.1 Å². The second kappa shape index (κ2) is 5.41. The zero-order valence-electron chi connectivity index (χ0n) is 11.9. The van der Waals surface area contributed by atoms with Gasteiger partial charge in [-0.15, -0.1) is 0 Å². The van der Waals surface area contributed by atoms with Gasteiger partial charge in [0.2, 0.25) is 0 Å². The molecule has 0 saturated heterocycles. The minimum Gasteiger partial charge on any atom is -0.352 e. The third-order valence-electron chi connectivity index (χ3n) is 3.83. The summed E-state index contributed by atoms with van der Waals surface area (Å²) in [7, 11) is 0. The number of benzene rings is 1. The maximum Gasteiger partial charge on any atom is 0.137 e. The van der Waals surface area contributed by atoms with Crippen molar-refractivity contribution in [1.29, 1.82) is 0 Å². The fourth-order valence-corrected chi connectivity index (χ4v) is 2.98. The molecule has 0 bridgehead atoms. The Kier molecular flexibility index (Phi) is 3.62. The molecule has 20 heavy (non-hydrogen) atoms. The Balaban J connectivity index is 1.99. The molecule has 0 unspecified atom stereocenters. The van der Waals surface area contributed by atoms with Crippen LogP contribution in [-0.2, 0) is 13.0 Å². The van der Waals surface area contributed by atoms with Gasteiger partial charge in [0.05, 0.1) is 0 Å². The summed E-state index contributed by atoms with van der Waals surface area (Å²) in [5, 5.41) is 0.560. The molecule has 1 aromatic heterocycles. The van der Waals surface area contributed by atoms with E-state index in [1.165, 1.54) is 11.1 Å². The SMILES string of the molecule is Cc1nc(Cl)c(C)c(N2CCCc3ccccc3C2)n1. The largest absolute Gasteiger partial charge is 0.352 e. The van der Waals surface area contributed by atoms with Crippen molar-refractivity contribution in [3.05, 3.63) is 51.9 Å². The molecule has 0 saturated carbocycles. The Morgan fingerprint density at radius 1 is 1.10 bits per heavy atom. The van der Waals surface area contributed by atoms with Gasteiger partial charge in [-0.3, -0.25) is 0 Å². The molecule has 104 valence electrons. The number of fused-ring (bicyclic) bond motifs is 1. The normalized spacial score (nSPS) is 14.8. The molecule has 2 aromatic rings. The maximum absolute atomic E-state index is 6.20. The molecule has 1 aliphatic rings. The highest BCUT2D eigenvalue weighted by atomic mass is 35.5. The van der Waals surface area contributed by atoms with Crippen molar-refractivity contribution in [1.82, 2.24) is 9.97 Å². The highest BCUT2D eigenvalue weighted by Crippen LogP contribution is 2.27. The predicted molar refractivity (Wildman–Crippen MR) is 82.3 cm³/mol. The number of hydrogen-bond donors (Lipinski definition) is 0. The van der Waals surface area contributed by atoms with Crippen molar-refractivity contribution in [2.75, 3.05) is 11.4 Å². The second-order valence-electron chi connectivity index (χ2n) is 5.30. The third-order valence-corrected chi connectivity index (χ3v) is 4.19. The molecule has 3 rings (SSSR count). The fourth-order valence-electron chi connectivity index (χ4n) is 2.77. The zero-order valence-corrected chi connectivity index (χ0v) is 12.6. The molecule has 2 heterocycles. The molecule has 1 aromatic carbocycles. The molecule has 0 fully saturated rings.